The number of benzene rings is 3. The minimum Gasteiger partial charge on any atom is -0.361 e. The minimum absolute atomic E-state index is 0.384. The average Bonchev–Trinajstić information content (AvgIpc) is 3.91. The van der Waals surface area contributed by atoms with Crippen molar-refractivity contribution in [2.75, 3.05) is 60.4 Å². The van der Waals surface area contributed by atoms with Crippen molar-refractivity contribution in [3.63, 3.8) is 0 Å². The van der Waals surface area contributed by atoms with Crippen molar-refractivity contribution >= 4 is 40.9 Å². The summed E-state index contributed by atoms with van der Waals surface area (Å²) in [5, 5.41) is 2.93. The SMILES string of the molecule is CN1CCC(c2c[nH]c3cccc(O[P+](O)(Oc4cccc5[nH]cc(C6CCN(C)CC6)c45)Oc4cccc5[nH]cc(C6CCN(C)CC6)c45)c23)CC1. The summed E-state index contributed by atoms with van der Waals surface area (Å²) >= 11 is 0. The molecule has 0 radical (unpaired) electrons. The number of piperidine rings is 3. The molecule has 0 aliphatic carbocycles. The summed E-state index contributed by atoms with van der Waals surface area (Å²) in [4.78, 5) is 30.6. The monoisotopic (exact) mass is 735 g/mol. The summed E-state index contributed by atoms with van der Waals surface area (Å²) in [6, 6.07) is 17.9. The second kappa shape index (κ2) is 14.3. The first-order valence-electron chi connectivity index (χ1n) is 19.4. The number of hydrogen-bond acceptors (Lipinski definition) is 7. The van der Waals surface area contributed by atoms with Crippen LogP contribution in [0.3, 0.4) is 0 Å². The van der Waals surface area contributed by atoms with E-state index in [9.17, 15) is 4.89 Å². The zero-order chi connectivity index (χ0) is 36.1. The molecule has 6 aromatic rings. The molecule has 4 N–H and O–H groups in total. The largest absolute Gasteiger partial charge is 0.714 e. The quantitative estimate of drug-likeness (QED) is 0.110. The molecule has 3 saturated heterocycles. The number of nitrogens with zero attached hydrogens (tertiary/aromatic N) is 3. The molecule has 9 rings (SSSR count). The molecule has 53 heavy (non-hydrogen) atoms. The predicted molar refractivity (Wildman–Crippen MR) is 214 cm³/mol. The third-order valence-electron chi connectivity index (χ3n) is 12.2. The van der Waals surface area contributed by atoms with E-state index in [1.807, 2.05) is 36.4 Å². The van der Waals surface area contributed by atoms with E-state index in [-0.39, 0.29) is 0 Å². The fourth-order valence-corrected chi connectivity index (χ4v) is 10.4. The second-order valence-electron chi connectivity index (χ2n) is 15.7. The Bertz CT molecular complexity index is 1960. The summed E-state index contributed by atoms with van der Waals surface area (Å²) < 4.78 is 20.5. The number of fused-ring (bicyclic) bond motifs is 3. The Labute approximate surface area is 312 Å². The van der Waals surface area contributed by atoms with Crippen molar-refractivity contribution in [3.05, 3.63) is 89.9 Å². The molecule has 10 nitrogen and oxygen atoms in total. The van der Waals surface area contributed by atoms with E-state index in [0.29, 0.717) is 35.0 Å². The van der Waals surface area contributed by atoms with Crippen LogP contribution in [-0.2, 0) is 0 Å². The molecule has 0 saturated carbocycles. The van der Waals surface area contributed by atoms with Gasteiger partial charge in [-0.25, -0.2) is 13.6 Å². The summed E-state index contributed by atoms with van der Waals surface area (Å²) in [5.74, 6) is 2.82. The Morgan fingerprint density at radius 3 is 1.06 bits per heavy atom. The first-order chi connectivity index (χ1) is 25.8. The maximum Gasteiger partial charge on any atom is 0.714 e. The normalized spacial score (nSPS) is 19.5. The van der Waals surface area contributed by atoms with Crippen LogP contribution in [0.25, 0.3) is 32.7 Å². The number of aromatic nitrogens is 3. The summed E-state index contributed by atoms with van der Waals surface area (Å²) in [7, 11) is 2.41. The van der Waals surface area contributed by atoms with Gasteiger partial charge in [0.2, 0.25) is 0 Å². The highest BCUT2D eigenvalue weighted by Crippen LogP contribution is 2.60. The Morgan fingerprint density at radius 2 is 0.774 bits per heavy atom. The predicted octanol–water partition coefficient (Wildman–Crippen LogP) is 8.76. The zero-order valence-electron chi connectivity index (χ0n) is 31.1. The van der Waals surface area contributed by atoms with E-state index in [2.05, 4.69) is 87.6 Å². The maximum atomic E-state index is 13.0. The standard InChI is InChI=1S/C42H52N6O4P/c1-46-19-13-28(14-20-46)31-25-43-34-7-4-10-37(40(31)34)50-53(49,51-38-11-5-8-35-41(38)32(26-44-35)29-15-21-47(2)22-16-29)52-39-12-6-9-36-42(39)33(27-45-36)30-17-23-48(3)24-18-30/h4-12,25-30,43-45,49H,13-24H2,1-3H3/q+1. The first-order valence-corrected chi connectivity index (χ1v) is 20.9. The van der Waals surface area contributed by atoms with Crippen LogP contribution in [0.1, 0.15) is 73.0 Å². The van der Waals surface area contributed by atoms with E-state index in [4.69, 9.17) is 13.6 Å². The number of likely N-dealkylation sites (tertiary alicyclic amines) is 3. The molecule has 3 aromatic heterocycles. The highest BCUT2D eigenvalue weighted by Gasteiger charge is 2.52. The second-order valence-corrected chi connectivity index (χ2v) is 17.2. The number of aromatic amines is 3. The van der Waals surface area contributed by atoms with Crippen LogP contribution in [0.15, 0.2) is 73.2 Å². The van der Waals surface area contributed by atoms with Crippen LogP contribution in [0, 0.1) is 0 Å². The van der Waals surface area contributed by atoms with E-state index in [0.717, 1.165) is 111 Å². The molecule has 0 amide bonds. The van der Waals surface area contributed by atoms with Crippen molar-refractivity contribution in [3.8, 4) is 17.2 Å². The highest BCUT2D eigenvalue weighted by atomic mass is 31.2. The van der Waals surface area contributed by atoms with Crippen molar-refractivity contribution in [2.45, 2.75) is 56.3 Å². The molecular weight excluding hydrogens is 683 g/mol. The van der Waals surface area contributed by atoms with Gasteiger partial charge in [-0.1, -0.05) is 18.2 Å². The third kappa shape index (κ3) is 6.81. The number of nitrogens with one attached hydrogen (secondary N) is 3. The molecule has 3 aliphatic heterocycles. The molecule has 0 bridgehead atoms. The topological polar surface area (TPSA) is 105 Å². The van der Waals surface area contributed by atoms with Gasteiger partial charge in [-0.3, -0.25) is 0 Å². The fraction of sp³-hybridized carbons (Fsp3) is 0.429. The zero-order valence-corrected chi connectivity index (χ0v) is 32.0. The molecule has 0 unspecified atom stereocenters. The third-order valence-corrected chi connectivity index (χ3v) is 13.5. The van der Waals surface area contributed by atoms with Crippen LogP contribution >= 0.6 is 8.17 Å². The van der Waals surface area contributed by atoms with E-state index in [1.54, 1.807) is 0 Å². The van der Waals surface area contributed by atoms with E-state index >= 15 is 0 Å². The molecule has 3 aliphatic rings. The first kappa shape index (κ1) is 34.7. The van der Waals surface area contributed by atoms with Gasteiger partial charge in [-0.05, 0) is 170 Å². The van der Waals surface area contributed by atoms with E-state index in [1.165, 1.54) is 16.7 Å². The maximum absolute atomic E-state index is 13.0. The van der Waals surface area contributed by atoms with Gasteiger partial charge in [0, 0.05) is 35.1 Å². The van der Waals surface area contributed by atoms with Crippen LogP contribution < -0.4 is 13.6 Å². The van der Waals surface area contributed by atoms with E-state index < -0.39 is 8.17 Å². The molecule has 0 atom stereocenters. The molecule has 3 fully saturated rings. The number of H-pyrrole nitrogens is 3. The number of rotatable bonds is 9. The van der Waals surface area contributed by atoms with Gasteiger partial charge < -0.3 is 29.7 Å². The lowest BCUT2D eigenvalue weighted by Crippen LogP contribution is -2.29. The fourth-order valence-electron chi connectivity index (χ4n) is 9.11. The summed E-state index contributed by atoms with van der Waals surface area (Å²) in [6.45, 7) is 6.27. The Balaban J connectivity index is 1.14. The van der Waals surface area contributed by atoms with Gasteiger partial charge in [-0.15, -0.1) is 4.89 Å². The lowest BCUT2D eigenvalue weighted by atomic mass is 9.89. The van der Waals surface area contributed by atoms with Crippen LogP contribution in [0.4, 0.5) is 0 Å². The minimum atomic E-state index is -4.15. The molecule has 278 valence electrons. The molecular formula is C42H52N6O4P+. The van der Waals surface area contributed by atoms with Gasteiger partial charge in [-0.2, -0.15) is 0 Å². The van der Waals surface area contributed by atoms with Crippen molar-refractivity contribution in [2.24, 2.45) is 0 Å². The van der Waals surface area contributed by atoms with Crippen molar-refractivity contribution in [1.29, 1.82) is 0 Å². The van der Waals surface area contributed by atoms with Crippen molar-refractivity contribution in [1.82, 2.24) is 29.7 Å². The van der Waals surface area contributed by atoms with Crippen molar-refractivity contribution < 1.29 is 18.5 Å². The van der Waals surface area contributed by atoms with Crippen LogP contribution in [0.2, 0.25) is 0 Å². The molecule has 3 aromatic carbocycles. The molecule has 6 heterocycles. The van der Waals surface area contributed by atoms with Crippen LogP contribution in [-0.4, -0.2) is 95.0 Å². The van der Waals surface area contributed by atoms with Gasteiger partial charge >= 0.3 is 8.17 Å². The summed E-state index contributed by atoms with van der Waals surface area (Å²) in [6.07, 6.45) is 12.7. The number of hydrogen-bond donors (Lipinski definition) is 4. The van der Waals surface area contributed by atoms with Gasteiger partial charge in [0.15, 0.2) is 17.2 Å². The highest BCUT2D eigenvalue weighted by molar-refractivity contribution is 7.56. The summed E-state index contributed by atoms with van der Waals surface area (Å²) in [5.41, 5.74) is 6.55. The smallest absolute Gasteiger partial charge is 0.361 e. The van der Waals surface area contributed by atoms with Gasteiger partial charge in [0.1, 0.15) is 0 Å². The average molecular weight is 736 g/mol. The van der Waals surface area contributed by atoms with Gasteiger partial charge in [0.25, 0.3) is 0 Å². The van der Waals surface area contributed by atoms with Gasteiger partial charge in [0.05, 0.1) is 16.2 Å². The lowest BCUT2D eigenvalue weighted by molar-refractivity contribution is 0.252. The Kier molecular flexibility index (Phi) is 9.37. The Morgan fingerprint density at radius 1 is 0.491 bits per heavy atom. The molecule has 11 heteroatoms. The lowest BCUT2D eigenvalue weighted by Gasteiger charge is -2.29. The molecule has 0 spiro atoms. The van der Waals surface area contributed by atoms with Crippen LogP contribution in [0.5, 0.6) is 17.2 Å². The Hall–Kier alpha value is -4.05.